The van der Waals surface area contributed by atoms with Crippen molar-refractivity contribution in [2.45, 2.75) is 18.3 Å². The maximum Gasteiger partial charge on any atom is 0.169 e. The quantitative estimate of drug-likeness (QED) is 0.766. The number of ketones is 1. The molecule has 0 unspecified atom stereocenters. The van der Waals surface area contributed by atoms with Gasteiger partial charge < -0.3 is 5.11 Å². The minimum absolute atomic E-state index is 0.0232. The minimum atomic E-state index is -0.322. The molecule has 2 nitrogen and oxygen atoms in total. The SMILES string of the molecule is O=C(CO)C1(c2cccs2)CC1. The lowest BCUT2D eigenvalue weighted by Gasteiger charge is -2.08. The zero-order valence-corrected chi connectivity index (χ0v) is 7.43. The highest BCUT2D eigenvalue weighted by atomic mass is 32.1. The second-order valence-corrected chi connectivity index (χ2v) is 4.09. The summed E-state index contributed by atoms with van der Waals surface area (Å²) in [6.07, 6.45) is 1.82. The fourth-order valence-corrected chi connectivity index (χ4v) is 2.49. The van der Waals surface area contributed by atoms with Crippen LogP contribution < -0.4 is 0 Å². The van der Waals surface area contributed by atoms with Gasteiger partial charge in [0.15, 0.2) is 5.78 Å². The average Bonchev–Trinajstić information content (AvgIpc) is 2.73. The Hall–Kier alpha value is -0.670. The predicted octanol–water partition coefficient (Wildman–Crippen LogP) is 1.34. The lowest BCUT2D eigenvalue weighted by Crippen LogP contribution is -2.22. The third-order valence-electron chi connectivity index (χ3n) is 2.42. The lowest BCUT2D eigenvalue weighted by molar-refractivity contribution is -0.124. The number of carbonyl (C=O) groups is 1. The van der Waals surface area contributed by atoms with Crippen molar-refractivity contribution < 1.29 is 9.90 Å². The number of aliphatic hydroxyl groups excluding tert-OH is 1. The molecule has 3 heteroatoms. The minimum Gasteiger partial charge on any atom is -0.389 e. The molecule has 1 heterocycles. The average molecular weight is 182 g/mol. The zero-order valence-electron chi connectivity index (χ0n) is 6.62. The molecule has 0 aromatic carbocycles. The molecular formula is C9H10O2S. The standard InChI is InChI=1S/C9H10O2S/c10-6-7(11)9(3-4-9)8-2-1-5-12-8/h1-2,5,10H,3-4,6H2. The van der Waals surface area contributed by atoms with Gasteiger partial charge in [0.25, 0.3) is 0 Å². The second-order valence-electron chi connectivity index (χ2n) is 3.14. The summed E-state index contributed by atoms with van der Waals surface area (Å²) in [5.41, 5.74) is -0.289. The number of aliphatic hydroxyl groups is 1. The Kier molecular flexibility index (Phi) is 1.77. The molecule has 0 radical (unpaired) electrons. The van der Waals surface area contributed by atoms with Crippen LogP contribution in [-0.4, -0.2) is 17.5 Å². The molecular weight excluding hydrogens is 172 g/mol. The normalized spacial score (nSPS) is 19.1. The third kappa shape index (κ3) is 1.01. The third-order valence-corrected chi connectivity index (χ3v) is 3.49. The summed E-state index contributed by atoms with van der Waals surface area (Å²) in [7, 11) is 0. The molecule has 1 aromatic heterocycles. The molecule has 1 fully saturated rings. The molecule has 0 amide bonds. The Morgan fingerprint density at radius 3 is 2.83 bits per heavy atom. The molecule has 1 N–H and O–H groups in total. The van der Waals surface area contributed by atoms with Crippen LogP contribution in [0.25, 0.3) is 0 Å². The van der Waals surface area contributed by atoms with Crippen LogP contribution in [0.3, 0.4) is 0 Å². The summed E-state index contributed by atoms with van der Waals surface area (Å²) >= 11 is 1.60. The summed E-state index contributed by atoms with van der Waals surface area (Å²) in [6.45, 7) is -0.322. The van der Waals surface area contributed by atoms with Crippen LogP contribution in [0.1, 0.15) is 17.7 Å². The molecule has 1 aliphatic carbocycles. The van der Waals surface area contributed by atoms with Gasteiger partial charge in [0, 0.05) is 4.88 Å². The van der Waals surface area contributed by atoms with Crippen LogP contribution in [0.5, 0.6) is 0 Å². The van der Waals surface area contributed by atoms with Crippen LogP contribution in [0.4, 0.5) is 0 Å². The van der Waals surface area contributed by atoms with Gasteiger partial charge in [0.2, 0.25) is 0 Å². The van der Waals surface area contributed by atoms with Gasteiger partial charge in [-0.05, 0) is 24.3 Å². The highest BCUT2D eigenvalue weighted by Gasteiger charge is 2.51. The Bertz CT molecular complexity index is 285. The van der Waals surface area contributed by atoms with Crippen molar-refractivity contribution in [3.05, 3.63) is 22.4 Å². The van der Waals surface area contributed by atoms with E-state index in [0.29, 0.717) is 0 Å². The number of Topliss-reactive ketones (excluding diaryl/α,β-unsaturated/α-hetero) is 1. The molecule has 12 heavy (non-hydrogen) atoms. The van der Waals surface area contributed by atoms with Crippen LogP contribution in [0.2, 0.25) is 0 Å². The van der Waals surface area contributed by atoms with Gasteiger partial charge in [-0.25, -0.2) is 0 Å². The second kappa shape index (κ2) is 2.68. The Morgan fingerprint density at radius 2 is 2.42 bits per heavy atom. The number of hydrogen-bond donors (Lipinski definition) is 1. The summed E-state index contributed by atoms with van der Waals surface area (Å²) in [5.74, 6) is -0.0232. The first-order valence-electron chi connectivity index (χ1n) is 3.98. The number of carbonyl (C=O) groups excluding carboxylic acids is 1. The fourth-order valence-electron chi connectivity index (χ4n) is 1.49. The fraction of sp³-hybridized carbons (Fsp3) is 0.444. The van der Waals surface area contributed by atoms with Gasteiger partial charge in [-0.15, -0.1) is 11.3 Å². The van der Waals surface area contributed by atoms with Gasteiger partial charge in [-0.3, -0.25) is 4.79 Å². The van der Waals surface area contributed by atoms with E-state index in [0.717, 1.165) is 17.7 Å². The first-order valence-corrected chi connectivity index (χ1v) is 4.86. The van der Waals surface area contributed by atoms with E-state index in [-0.39, 0.29) is 17.8 Å². The maximum absolute atomic E-state index is 11.4. The van der Waals surface area contributed by atoms with E-state index in [1.165, 1.54) is 0 Å². The van der Waals surface area contributed by atoms with E-state index in [4.69, 9.17) is 5.11 Å². The highest BCUT2D eigenvalue weighted by Crippen LogP contribution is 2.50. The van der Waals surface area contributed by atoms with Crippen LogP contribution in [-0.2, 0) is 10.2 Å². The lowest BCUT2D eigenvalue weighted by atomic mass is 10.00. The molecule has 0 atom stereocenters. The Labute approximate surface area is 74.8 Å². The number of hydrogen-bond acceptors (Lipinski definition) is 3. The molecule has 0 bridgehead atoms. The summed E-state index contributed by atoms with van der Waals surface area (Å²) in [6, 6.07) is 3.93. The van der Waals surface area contributed by atoms with E-state index in [1.807, 2.05) is 17.5 Å². The molecule has 0 spiro atoms. The molecule has 1 aromatic rings. The van der Waals surface area contributed by atoms with Crippen molar-refractivity contribution in [3.8, 4) is 0 Å². The number of thiophene rings is 1. The van der Waals surface area contributed by atoms with Crippen LogP contribution in [0.15, 0.2) is 17.5 Å². The first-order chi connectivity index (χ1) is 5.79. The van der Waals surface area contributed by atoms with Crippen molar-refractivity contribution >= 4 is 17.1 Å². The molecule has 0 saturated heterocycles. The van der Waals surface area contributed by atoms with Crippen molar-refractivity contribution in [2.75, 3.05) is 6.61 Å². The van der Waals surface area contributed by atoms with Crippen molar-refractivity contribution in [1.29, 1.82) is 0 Å². The number of rotatable bonds is 3. The molecule has 1 aliphatic rings. The monoisotopic (exact) mass is 182 g/mol. The van der Waals surface area contributed by atoms with Crippen LogP contribution in [0, 0.1) is 0 Å². The van der Waals surface area contributed by atoms with E-state index >= 15 is 0 Å². The summed E-state index contributed by atoms with van der Waals surface area (Å²) in [5, 5.41) is 10.7. The summed E-state index contributed by atoms with van der Waals surface area (Å²) in [4.78, 5) is 12.5. The smallest absolute Gasteiger partial charge is 0.169 e. The van der Waals surface area contributed by atoms with Crippen molar-refractivity contribution in [1.82, 2.24) is 0 Å². The maximum atomic E-state index is 11.4. The van der Waals surface area contributed by atoms with Gasteiger partial charge in [-0.2, -0.15) is 0 Å². The zero-order chi connectivity index (χ0) is 8.60. The first kappa shape index (κ1) is 7.95. The molecule has 64 valence electrons. The van der Waals surface area contributed by atoms with Gasteiger partial charge in [-0.1, -0.05) is 6.07 Å². The topological polar surface area (TPSA) is 37.3 Å². The van der Waals surface area contributed by atoms with Gasteiger partial charge >= 0.3 is 0 Å². The van der Waals surface area contributed by atoms with Crippen molar-refractivity contribution in [2.24, 2.45) is 0 Å². The van der Waals surface area contributed by atoms with Gasteiger partial charge in [0.05, 0.1) is 5.41 Å². The summed E-state index contributed by atoms with van der Waals surface area (Å²) < 4.78 is 0. The molecule has 2 rings (SSSR count). The van der Waals surface area contributed by atoms with E-state index in [1.54, 1.807) is 11.3 Å². The van der Waals surface area contributed by atoms with E-state index in [2.05, 4.69) is 0 Å². The predicted molar refractivity (Wildman–Crippen MR) is 47.3 cm³/mol. The van der Waals surface area contributed by atoms with E-state index < -0.39 is 0 Å². The largest absolute Gasteiger partial charge is 0.389 e. The molecule has 1 saturated carbocycles. The highest BCUT2D eigenvalue weighted by molar-refractivity contribution is 7.10. The molecule has 0 aliphatic heterocycles. The Balaban J connectivity index is 2.28. The van der Waals surface area contributed by atoms with Crippen LogP contribution >= 0.6 is 11.3 Å². The van der Waals surface area contributed by atoms with Gasteiger partial charge in [0.1, 0.15) is 6.61 Å². The van der Waals surface area contributed by atoms with E-state index in [9.17, 15) is 4.79 Å². The Morgan fingerprint density at radius 1 is 1.67 bits per heavy atom. The van der Waals surface area contributed by atoms with Crippen molar-refractivity contribution in [3.63, 3.8) is 0 Å².